The second-order valence-corrected chi connectivity index (χ2v) is 5.50. The number of aromatic nitrogens is 2. The zero-order valence-corrected chi connectivity index (χ0v) is 13.0. The number of halogens is 10. The number of hydrogen-bond acceptors (Lipinski definition) is 2. The van der Waals surface area contributed by atoms with Crippen LogP contribution in [0.15, 0.2) is 16.9 Å². The summed E-state index contributed by atoms with van der Waals surface area (Å²) in [6.45, 7) is 0. The first kappa shape index (κ1) is 18.9. The Kier molecular flexibility index (Phi) is 4.56. The number of nitrogens with zero attached hydrogens (tertiary/aromatic N) is 4. The zero-order valence-electron chi connectivity index (χ0n) is 10.9. The average Bonchev–Trinajstić information content (AvgIpc) is 2.88. The molecular formula is C10H3F9IN4. The van der Waals surface area contributed by atoms with Crippen molar-refractivity contribution in [3.05, 3.63) is 21.2 Å². The lowest BCUT2D eigenvalue weighted by molar-refractivity contribution is -0.142. The van der Waals surface area contributed by atoms with E-state index in [9.17, 15) is 39.5 Å². The molecule has 1 aliphatic rings. The third-order valence-corrected chi connectivity index (χ3v) is 3.11. The molecule has 0 N–H and O–H groups in total. The quantitative estimate of drug-likeness (QED) is 0.467. The molecule has 0 aromatic carbocycles. The molecule has 0 fully saturated rings. The van der Waals surface area contributed by atoms with Crippen molar-refractivity contribution in [3.8, 4) is 0 Å². The van der Waals surface area contributed by atoms with Crippen LogP contribution < -0.4 is 5.43 Å². The smallest absolute Gasteiger partial charge is 0.223 e. The van der Waals surface area contributed by atoms with Crippen LogP contribution in [0.1, 0.15) is 12.1 Å². The lowest BCUT2D eigenvalue weighted by atomic mass is 10.1. The van der Waals surface area contributed by atoms with Gasteiger partial charge in [-0.3, -0.25) is 0 Å². The van der Waals surface area contributed by atoms with Gasteiger partial charge in [-0.15, -0.1) is 5.43 Å². The van der Waals surface area contributed by atoms with Gasteiger partial charge in [-0.25, -0.2) is 4.68 Å². The molecule has 0 spiro atoms. The van der Waals surface area contributed by atoms with Gasteiger partial charge in [0.25, 0.3) is 0 Å². The van der Waals surface area contributed by atoms with E-state index < -0.39 is 47.7 Å². The average molecular weight is 477 g/mol. The third kappa shape index (κ3) is 3.94. The number of rotatable bonds is 2. The molecule has 4 nitrogen and oxygen atoms in total. The molecule has 0 unspecified atom stereocenters. The molecule has 24 heavy (non-hydrogen) atoms. The Balaban J connectivity index is 2.67. The normalized spacial score (nSPS) is 16.5. The van der Waals surface area contributed by atoms with Gasteiger partial charge in [-0.1, -0.05) is 0 Å². The van der Waals surface area contributed by atoms with Crippen LogP contribution in [0.25, 0.3) is 5.70 Å². The monoisotopic (exact) mass is 477 g/mol. The van der Waals surface area contributed by atoms with Gasteiger partial charge < -0.3 is 0 Å². The first-order valence-corrected chi connectivity index (χ1v) is 6.77. The first-order valence-electron chi connectivity index (χ1n) is 5.69. The van der Waals surface area contributed by atoms with Crippen molar-refractivity contribution < 1.29 is 39.5 Å². The highest BCUT2D eigenvalue weighted by molar-refractivity contribution is 14.1. The molecule has 0 amide bonds. The van der Waals surface area contributed by atoms with Crippen molar-refractivity contribution in [1.29, 1.82) is 0 Å². The molecule has 1 aliphatic heterocycles. The lowest BCUT2D eigenvalue weighted by Gasteiger charge is -2.15. The molecule has 0 atom stereocenters. The molecule has 0 aliphatic carbocycles. The summed E-state index contributed by atoms with van der Waals surface area (Å²) in [6, 6.07) is 0.394. The van der Waals surface area contributed by atoms with Crippen molar-refractivity contribution >= 4 is 34.0 Å². The Bertz CT molecular complexity index is 707. The number of hydrogen-bond donors (Lipinski definition) is 0. The number of alkyl halides is 9. The predicted molar refractivity (Wildman–Crippen MR) is 69.5 cm³/mol. The fourth-order valence-electron chi connectivity index (χ4n) is 1.79. The first-order chi connectivity index (χ1) is 10.7. The van der Waals surface area contributed by atoms with Crippen molar-refractivity contribution in [2.45, 2.75) is 24.9 Å². The van der Waals surface area contributed by atoms with Crippen LogP contribution in [-0.2, 0) is 6.18 Å². The molecule has 0 saturated heterocycles. The van der Waals surface area contributed by atoms with Crippen LogP contribution in [0.3, 0.4) is 0 Å². The van der Waals surface area contributed by atoms with E-state index in [2.05, 4.69) is 15.6 Å². The summed E-state index contributed by atoms with van der Waals surface area (Å²) in [4.78, 5) is 0. The van der Waals surface area contributed by atoms with E-state index in [1.165, 1.54) is 22.6 Å². The second-order valence-electron chi connectivity index (χ2n) is 4.40. The fraction of sp³-hybridized carbons (Fsp3) is 0.400. The summed E-state index contributed by atoms with van der Waals surface area (Å²) < 4.78 is 114. The minimum Gasteiger partial charge on any atom is -0.223 e. The van der Waals surface area contributed by atoms with Gasteiger partial charge in [0.15, 0.2) is 5.70 Å². The SMILES string of the molecule is FC(F)(F)CC1=N[N]C(C(F)(F)F)=C1n1nc(I)cc1C(F)(F)F. The maximum Gasteiger partial charge on any atom is 0.437 e. The van der Waals surface area contributed by atoms with E-state index in [0.717, 1.165) is 0 Å². The maximum atomic E-state index is 12.9. The summed E-state index contributed by atoms with van der Waals surface area (Å²) in [6.07, 6.45) is -17.4. The molecule has 2 rings (SSSR count). The highest BCUT2D eigenvalue weighted by atomic mass is 127. The molecule has 14 heteroatoms. The topological polar surface area (TPSA) is 44.3 Å². The maximum absolute atomic E-state index is 12.9. The Labute approximate surface area is 140 Å². The highest BCUT2D eigenvalue weighted by Gasteiger charge is 2.48. The van der Waals surface area contributed by atoms with Crippen molar-refractivity contribution in [2.24, 2.45) is 5.10 Å². The summed E-state index contributed by atoms with van der Waals surface area (Å²) in [5, 5.41) is 5.98. The van der Waals surface area contributed by atoms with Crippen molar-refractivity contribution in [3.63, 3.8) is 0 Å². The predicted octanol–water partition coefficient (Wildman–Crippen LogP) is 4.16. The van der Waals surface area contributed by atoms with Crippen LogP contribution >= 0.6 is 22.6 Å². The van der Waals surface area contributed by atoms with Crippen LogP contribution in [0.2, 0.25) is 0 Å². The van der Waals surface area contributed by atoms with Gasteiger partial charge in [0, 0.05) is 6.07 Å². The molecule has 0 bridgehead atoms. The van der Waals surface area contributed by atoms with E-state index >= 15 is 0 Å². The molecule has 1 aromatic heterocycles. The Morgan fingerprint density at radius 3 is 2.00 bits per heavy atom. The van der Waals surface area contributed by atoms with Gasteiger partial charge >= 0.3 is 18.5 Å². The van der Waals surface area contributed by atoms with Crippen LogP contribution in [0.4, 0.5) is 39.5 Å². The van der Waals surface area contributed by atoms with Crippen LogP contribution in [0.5, 0.6) is 0 Å². The van der Waals surface area contributed by atoms with Gasteiger partial charge in [0.2, 0.25) is 0 Å². The van der Waals surface area contributed by atoms with Gasteiger partial charge in [-0.2, -0.15) is 49.7 Å². The molecule has 1 aromatic rings. The Morgan fingerprint density at radius 2 is 1.54 bits per heavy atom. The van der Waals surface area contributed by atoms with E-state index in [0.29, 0.717) is 6.07 Å². The van der Waals surface area contributed by atoms with Crippen LogP contribution in [0, 0.1) is 3.70 Å². The third-order valence-electron chi connectivity index (χ3n) is 2.59. The van der Waals surface area contributed by atoms with E-state index in [1.807, 2.05) is 0 Å². The minimum absolute atomic E-state index is 0.258. The molecule has 2 heterocycles. The largest absolute Gasteiger partial charge is 0.437 e. The second kappa shape index (κ2) is 5.80. The Hall–Kier alpha value is -1.48. The van der Waals surface area contributed by atoms with Crippen LogP contribution in [-0.4, -0.2) is 27.8 Å². The summed E-state index contributed by atoms with van der Waals surface area (Å²) in [7, 11) is 0. The van der Waals surface area contributed by atoms with Gasteiger partial charge in [0.1, 0.15) is 20.8 Å². The van der Waals surface area contributed by atoms with E-state index in [-0.39, 0.29) is 8.38 Å². The summed E-state index contributed by atoms with van der Waals surface area (Å²) in [5.74, 6) is 0. The van der Waals surface area contributed by atoms with Gasteiger partial charge in [-0.05, 0) is 22.6 Å². The molecule has 133 valence electrons. The number of allylic oxidation sites excluding steroid dienone is 2. The molecule has 0 saturated carbocycles. The summed E-state index contributed by atoms with van der Waals surface area (Å²) >= 11 is 1.29. The van der Waals surface area contributed by atoms with E-state index in [1.54, 1.807) is 0 Å². The van der Waals surface area contributed by atoms with Crippen molar-refractivity contribution in [1.82, 2.24) is 15.2 Å². The fourth-order valence-corrected chi connectivity index (χ4v) is 2.30. The molecule has 1 radical (unpaired) electrons. The van der Waals surface area contributed by atoms with E-state index in [4.69, 9.17) is 0 Å². The zero-order chi connectivity index (χ0) is 18.5. The Morgan fingerprint density at radius 1 is 0.958 bits per heavy atom. The summed E-state index contributed by atoms with van der Waals surface area (Å²) in [5.41, 5.74) is -3.87. The minimum atomic E-state index is -5.31. The standard InChI is InChI=1S/C10H3F9IN4/c11-8(12,13)2-3-6(7(22-21-3)10(17,18)19)24-4(9(14,15)16)1-5(20)23-24/h1H,2H2. The van der Waals surface area contributed by atoms with Gasteiger partial charge in [0.05, 0.1) is 6.42 Å². The lowest BCUT2D eigenvalue weighted by Crippen LogP contribution is -2.25. The van der Waals surface area contributed by atoms with Crippen molar-refractivity contribution in [2.75, 3.05) is 0 Å². The highest BCUT2D eigenvalue weighted by Crippen LogP contribution is 2.39. The molecular weight excluding hydrogens is 474 g/mol.